The van der Waals surface area contributed by atoms with Crippen molar-refractivity contribution in [3.8, 4) is 0 Å². The van der Waals surface area contributed by atoms with Crippen LogP contribution in [0, 0.1) is 0 Å². The number of anilines is 2. The van der Waals surface area contributed by atoms with E-state index in [2.05, 4.69) is 31.4 Å². The van der Waals surface area contributed by atoms with Gasteiger partial charge in [0.05, 0.1) is 11.3 Å². The Hall–Kier alpha value is -2.16. The second-order valence-corrected chi connectivity index (χ2v) is 4.90. The summed E-state index contributed by atoms with van der Waals surface area (Å²) in [6, 6.07) is 6.01. The van der Waals surface area contributed by atoms with Gasteiger partial charge in [0.15, 0.2) is 5.69 Å². The smallest absolute Gasteiger partial charge is 0.382 e. The summed E-state index contributed by atoms with van der Waals surface area (Å²) in [5, 5.41) is 9.13. The van der Waals surface area contributed by atoms with Crippen LogP contribution in [0.2, 0.25) is 0 Å². The van der Waals surface area contributed by atoms with Crippen molar-refractivity contribution in [1.29, 1.82) is 0 Å². The standard InChI is InChI=1S/C12H8BrF3N4O/c13-6-1-2-8(7(5-6)12(14,15)16)18-11(21)9-3-4-10(17)20-19-9/h1-5H,(H2,17,20)(H,18,21). The number of halogens is 4. The van der Waals surface area contributed by atoms with Gasteiger partial charge in [-0.15, -0.1) is 10.2 Å². The molecule has 9 heteroatoms. The highest BCUT2D eigenvalue weighted by atomic mass is 79.9. The average molecular weight is 361 g/mol. The molecule has 21 heavy (non-hydrogen) atoms. The normalized spacial score (nSPS) is 11.2. The predicted octanol–water partition coefficient (Wildman–Crippen LogP) is 3.09. The van der Waals surface area contributed by atoms with Gasteiger partial charge in [0.2, 0.25) is 0 Å². The third kappa shape index (κ3) is 3.69. The molecular weight excluding hydrogens is 353 g/mol. The zero-order valence-corrected chi connectivity index (χ0v) is 11.9. The first-order valence-corrected chi connectivity index (χ1v) is 6.34. The van der Waals surface area contributed by atoms with Crippen molar-refractivity contribution in [2.45, 2.75) is 6.18 Å². The Kier molecular flexibility index (Phi) is 4.12. The Bertz CT molecular complexity index is 673. The minimum atomic E-state index is -4.60. The molecule has 0 bridgehead atoms. The van der Waals surface area contributed by atoms with Crippen LogP contribution in [0.15, 0.2) is 34.8 Å². The van der Waals surface area contributed by atoms with E-state index in [9.17, 15) is 18.0 Å². The van der Waals surface area contributed by atoms with Gasteiger partial charge in [-0.3, -0.25) is 4.79 Å². The molecule has 0 fully saturated rings. The fourth-order valence-corrected chi connectivity index (χ4v) is 1.87. The summed E-state index contributed by atoms with van der Waals surface area (Å²) in [6.45, 7) is 0. The van der Waals surface area contributed by atoms with E-state index in [1.807, 2.05) is 0 Å². The molecule has 0 atom stereocenters. The summed E-state index contributed by atoms with van der Waals surface area (Å²) in [6.07, 6.45) is -4.60. The molecule has 2 rings (SSSR count). The second-order valence-electron chi connectivity index (χ2n) is 3.99. The van der Waals surface area contributed by atoms with Gasteiger partial charge < -0.3 is 11.1 Å². The molecule has 0 aliphatic heterocycles. The minimum absolute atomic E-state index is 0.103. The van der Waals surface area contributed by atoms with E-state index in [4.69, 9.17) is 5.73 Å². The number of aromatic nitrogens is 2. The van der Waals surface area contributed by atoms with Gasteiger partial charge in [-0.05, 0) is 30.3 Å². The molecule has 5 nitrogen and oxygen atoms in total. The first-order valence-electron chi connectivity index (χ1n) is 5.54. The first-order chi connectivity index (χ1) is 9.77. The van der Waals surface area contributed by atoms with Crippen LogP contribution in [0.5, 0.6) is 0 Å². The topological polar surface area (TPSA) is 80.9 Å². The quantitative estimate of drug-likeness (QED) is 0.862. The van der Waals surface area contributed by atoms with E-state index in [1.165, 1.54) is 18.2 Å². The van der Waals surface area contributed by atoms with Gasteiger partial charge in [0.25, 0.3) is 5.91 Å². The monoisotopic (exact) mass is 360 g/mol. The van der Waals surface area contributed by atoms with Gasteiger partial charge in [0, 0.05) is 4.47 Å². The average Bonchev–Trinajstić information content (AvgIpc) is 2.40. The van der Waals surface area contributed by atoms with Gasteiger partial charge in [0.1, 0.15) is 5.82 Å². The van der Waals surface area contributed by atoms with Crippen LogP contribution in [0.4, 0.5) is 24.7 Å². The van der Waals surface area contributed by atoms with Crippen LogP contribution in [0.1, 0.15) is 16.1 Å². The number of nitrogens with zero attached hydrogens (tertiary/aromatic N) is 2. The highest BCUT2D eigenvalue weighted by Gasteiger charge is 2.34. The Labute approximate surface area is 125 Å². The molecule has 110 valence electrons. The largest absolute Gasteiger partial charge is 0.418 e. The zero-order valence-electron chi connectivity index (χ0n) is 10.3. The maximum atomic E-state index is 12.9. The van der Waals surface area contributed by atoms with E-state index in [0.29, 0.717) is 0 Å². The van der Waals surface area contributed by atoms with E-state index < -0.39 is 17.6 Å². The molecule has 0 spiro atoms. The van der Waals surface area contributed by atoms with E-state index in [-0.39, 0.29) is 21.7 Å². The zero-order chi connectivity index (χ0) is 15.6. The van der Waals surface area contributed by atoms with Crippen molar-refractivity contribution in [2.24, 2.45) is 0 Å². The number of amides is 1. The molecule has 0 radical (unpaired) electrons. The molecular formula is C12H8BrF3N4O. The van der Waals surface area contributed by atoms with Crippen LogP contribution < -0.4 is 11.1 Å². The van der Waals surface area contributed by atoms with Crippen molar-refractivity contribution in [2.75, 3.05) is 11.1 Å². The van der Waals surface area contributed by atoms with Crippen LogP contribution in [0.25, 0.3) is 0 Å². The third-order valence-electron chi connectivity index (χ3n) is 2.45. The fourth-order valence-electron chi connectivity index (χ4n) is 1.51. The number of benzene rings is 1. The maximum absolute atomic E-state index is 12.9. The molecule has 3 N–H and O–H groups in total. The molecule has 0 aliphatic rings. The Morgan fingerprint density at radius 3 is 2.48 bits per heavy atom. The predicted molar refractivity (Wildman–Crippen MR) is 73.5 cm³/mol. The van der Waals surface area contributed by atoms with Gasteiger partial charge in [-0.1, -0.05) is 15.9 Å². The molecule has 0 saturated heterocycles. The van der Waals surface area contributed by atoms with Crippen LogP contribution in [-0.4, -0.2) is 16.1 Å². The number of nitrogen functional groups attached to an aromatic ring is 1. The number of nitrogens with two attached hydrogens (primary N) is 1. The maximum Gasteiger partial charge on any atom is 0.418 e. The van der Waals surface area contributed by atoms with Gasteiger partial charge in [-0.2, -0.15) is 13.2 Å². The number of hydrogen-bond donors (Lipinski definition) is 2. The summed E-state index contributed by atoms with van der Waals surface area (Å²) in [5.41, 5.74) is 3.85. The SMILES string of the molecule is Nc1ccc(C(=O)Nc2ccc(Br)cc2C(F)(F)F)nn1. The van der Waals surface area contributed by atoms with E-state index in [1.54, 1.807) is 0 Å². The lowest BCUT2D eigenvalue weighted by Gasteiger charge is -2.13. The van der Waals surface area contributed by atoms with Crippen molar-refractivity contribution in [3.63, 3.8) is 0 Å². The van der Waals surface area contributed by atoms with Crippen LogP contribution in [-0.2, 0) is 6.18 Å². The third-order valence-corrected chi connectivity index (χ3v) is 2.95. The highest BCUT2D eigenvalue weighted by molar-refractivity contribution is 9.10. The molecule has 0 unspecified atom stereocenters. The fraction of sp³-hybridized carbons (Fsp3) is 0.0833. The molecule has 1 aromatic carbocycles. The molecule has 2 aromatic rings. The summed E-state index contributed by atoms with van der Waals surface area (Å²) in [5.74, 6) is -0.707. The lowest BCUT2D eigenvalue weighted by atomic mass is 10.1. The summed E-state index contributed by atoms with van der Waals surface area (Å²) < 4.78 is 39.0. The molecule has 1 heterocycles. The highest BCUT2D eigenvalue weighted by Crippen LogP contribution is 2.36. The molecule has 1 amide bonds. The van der Waals surface area contributed by atoms with Crippen LogP contribution in [0.3, 0.4) is 0 Å². The second kappa shape index (κ2) is 5.68. The lowest BCUT2D eigenvalue weighted by Crippen LogP contribution is -2.18. The number of hydrogen-bond acceptors (Lipinski definition) is 4. The number of alkyl halides is 3. The lowest BCUT2D eigenvalue weighted by molar-refractivity contribution is -0.136. The van der Waals surface area contributed by atoms with Crippen molar-refractivity contribution in [3.05, 3.63) is 46.1 Å². The number of carbonyl (C=O) groups is 1. The van der Waals surface area contributed by atoms with E-state index in [0.717, 1.165) is 12.1 Å². The van der Waals surface area contributed by atoms with Crippen LogP contribution >= 0.6 is 15.9 Å². The first kappa shape index (κ1) is 15.2. The number of nitrogens with one attached hydrogen (secondary N) is 1. The minimum Gasteiger partial charge on any atom is -0.382 e. The number of rotatable bonds is 2. The summed E-state index contributed by atoms with van der Waals surface area (Å²) >= 11 is 2.96. The van der Waals surface area contributed by atoms with E-state index >= 15 is 0 Å². The summed E-state index contributed by atoms with van der Waals surface area (Å²) in [4.78, 5) is 11.9. The van der Waals surface area contributed by atoms with Gasteiger partial charge >= 0.3 is 6.18 Å². The Balaban J connectivity index is 2.31. The van der Waals surface area contributed by atoms with Crippen molar-refractivity contribution >= 4 is 33.3 Å². The molecule has 1 aromatic heterocycles. The molecule has 0 saturated carbocycles. The van der Waals surface area contributed by atoms with Crippen molar-refractivity contribution in [1.82, 2.24) is 10.2 Å². The summed E-state index contributed by atoms with van der Waals surface area (Å²) in [7, 11) is 0. The Morgan fingerprint density at radius 1 is 1.19 bits per heavy atom. The van der Waals surface area contributed by atoms with Crippen molar-refractivity contribution < 1.29 is 18.0 Å². The van der Waals surface area contributed by atoms with Gasteiger partial charge in [-0.25, -0.2) is 0 Å². The number of carbonyl (C=O) groups excluding carboxylic acids is 1. The Morgan fingerprint density at radius 2 is 1.90 bits per heavy atom. The molecule has 0 aliphatic carbocycles.